The summed E-state index contributed by atoms with van der Waals surface area (Å²) in [5.74, 6) is -0.149. The Kier molecular flexibility index (Phi) is 5.20. The Labute approximate surface area is 129 Å². The highest BCUT2D eigenvalue weighted by Gasteiger charge is 2.18. The van der Waals surface area contributed by atoms with Crippen LogP contribution in [-0.2, 0) is 9.59 Å². The molecule has 2 rings (SSSR count). The molecule has 0 fully saturated rings. The molecule has 1 heterocycles. The number of hydrogen-bond donors (Lipinski definition) is 2. The molecule has 0 bridgehead atoms. The van der Waals surface area contributed by atoms with Crippen molar-refractivity contribution in [3.63, 3.8) is 0 Å². The third-order valence-corrected chi connectivity index (χ3v) is 3.70. The van der Waals surface area contributed by atoms with Gasteiger partial charge in [0.25, 0.3) is 0 Å². The highest BCUT2D eigenvalue weighted by Crippen LogP contribution is 2.29. The van der Waals surface area contributed by atoms with Gasteiger partial charge in [0.15, 0.2) is 0 Å². The van der Waals surface area contributed by atoms with Crippen molar-refractivity contribution in [2.45, 2.75) is 45.6 Å². The molecule has 2 aromatic rings. The fourth-order valence-corrected chi connectivity index (χ4v) is 2.55. The third kappa shape index (κ3) is 3.87. The van der Waals surface area contributed by atoms with Crippen molar-refractivity contribution in [2.75, 3.05) is 0 Å². The van der Waals surface area contributed by atoms with Crippen LogP contribution in [0.1, 0.15) is 50.0 Å². The lowest BCUT2D eigenvalue weighted by Crippen LogP contribution is -2.26. The van der Waals surface area contributed by atoms with Crippen LogP contribution in [0.4, 0.5) is 0 Å². The van der Waals surface area contributed by atoms with Gasteiger partial charge in [-0.3, -0.25) is 9.59 Å². The topological polar surface area (TPSA) is 79.5 Å². The lowest BCUT2D eigenvalue weighted by molar-refractivity contribution is -0.137. The minimum absolute atomic E-state index is 0.0854. The molecule has 0 spiro atoms. The van der Waals surface area contributed by atoms with E-state index in [2.05, 4.69) is 5.32 Å². The number of aryl methyl sites for hydroxylation is 1. The number of benzene rings is 1. The SMILES string of the molecule is Cc1c([C@@H](C)NC(=O)CCCCC(=O)O)oc2ccccc12. The van der Waals surface area contributed by atoms with Crippen LogP contribution in [-0.4, -0.2) is 17.0 Å². The molecule has 0 aliphatic heterocycles. The second kappa shape index (κ2) is 7.11. The van der Waals surface area contributed by atoms with E-state index in [9.17, 15) is 9.59 Å². The van der Waals surface area contributed by atoms with Gasteiger partial charge in [-0.1, -0.05) is 18.2 Å². The quantitative estimate of drug-likeness (QED) is 0.766. The van der Waals surface area contributed by atoms with Gasteiger partial charge in [0.1, 0.15) is 11.3 Å². The van der Waals surface area contributed by atoms with E-state index in [1.165, 1.54) is 0 Å². The van der Waals surface area contributed by atoms with Crippen LogP contribution in [0.5, 0.6) is 0 Å². The van der Waals surface area contributed by atoms with E-state index in [4.69, 9.17) is 9.52 Å². The smallest absolute Gasteiger partial charge is 0.303 e. The molecule has 1 atom stereocenters. The van der Waals surface area contributed by atoms with Gasteiger partial charge >= 0.3 is 5.97 Å². The molecule has 0 aliphatic carbocycles. The summed E-state index contributed by atoms with van der Waals surface area (Å²) in [7, 11) is 0. The summed E-state index contributed by atoms with van der Waals surface area (Å²) in [6.07, 6.45) is 1.52. The molecule has 0 radical (unpaired) electrons. The number of furan rings is 1. The van der Waals surface area contributed by atoms with Crippen molar-refractivity contribution >= 4 is 22.8 Å². The number of rotatable bonds is 7. The predicted molar refractivity (Wildman–Crippen MR) is 83.6 cm³/mol. The van der Waals surface area contributed by atoms with Gasteiger partial charge in [-0.05, 0) is 32.8 Å². The maximum absolute atomic E-state index is 11.9. The number of unbranched alkanes of at least 4 members (excludes halogenated alkanes) is 1. The first-order valence-electron chi connectivity index (χ1n) is 7.48. The molecule has 0 unspecified atom stereocenters. The largest absolute Gasteiger partial charge is 0.481 e. The number of aliphatic carboxylic acids is 1. The van der Waals surface area contributed by atoms with Crippen molar-refractivity contribution in [1.29, 1.82) is 0 Å². The number of para-hydroxylation sites is 1. The van der Waals surface area contributed by atoms with Gasteiger partial charge in [0.2, 0.25) is 5.91 Å². The molecule has 0 saturated carbocycles. The Bertz CT molecular complexity index is 674. The number of nitrogens with one attached hydrogen (secondary N) is 1. The first-order chi connectivity index (χ1) is 10.5. The first-order valence-corrected chi connectivity index (χ1v) is 7.48. The lowest BCUT2D eigenvalue weighted by atomic mass is 10.1. The van der Waals surface area contributed by atoms with E-state index >= 15 is 0 Å². The Hall–Kier alpha value is -2.30. The molecule has 0 aliphatic rings. The summed E-state index contributed by atoms with van der Waals surface area (Å²) in [4.78, 5) is 22.3. The second-order valence-corrected chi connectivity index (χ2v) is 5.48. The van der Waals surface area contributed by atoms with Gasteiger partial charge < -0.3 is 14.8 Å². The maximum atomic E-state index is 11.9. The van der Waals surface area contributed by atoms with Gasteiger partial charge in [-0.25, -0.2) is 0 Å². The summed E-state index contributed by atoms with van der Waals surface area (Å²) in [6.45, 7) is 3.87. The Morgan fingerprint density at radius 1 is 1.23 bits per heavy atom. The highest BCUT2D eigenvalue weighted by molar-refractivity contribution is 5.82. The summed E-state index contributed by atoms with van der Waals surface area (Å²) in [6, 6.07) is 7.57. The molecule has 5 nitrogen and oxygen atoms in total. The lowest BCUT2D eigenvalue weighted by Gasteiger charge is -2.12. The molecular weight excluding hydrogens is 282 g/mol. The average Bonchev–Trinajstić information content (AvgIpc) is 2.81. The fraction of sp³-hybridized carbons (Fsp3) is 0.412. The molecule has 2 N–H and O–H groups in total. The molecule has 1 amide bonds. The maximum Gasteiger partial charge on any atom is 0.303 e. The zero-order valence-electron chi connectivity index (χ0n) is 12.9. The van der Waals surface area contributed by atoms with Crippen LogP contribution in [0.2, 0.25) is 0 Å². The van der Waals surface area contributed by atoms with Crippen molar-refractivity contribution in [3.8, 4) is 0 Å². The Morgan fingerprint density at radius 2 is 1.91 bits per heavy atom. The van der Waals surface area contributed by atoms with Crippen LogP contribution in [0, 0.1) is 6.92 Å². The van der Waals surface area contributed by atoms with Gasteiger partial charge in [-0.15, -0.1) is 0 Å². The number of carboxylic acid groups (broad SMARTS) is 1. The Balaban J connectivity index is 1.93. The Morgan fingerprint density at radius 3 is 2.59 bits per heavy atom. The number of hydrogen-bond acceptors (Lipinski definition) is 3. The number of fused-ring (bicyclic) bond motifs is 1. The minimum Gasteiger partial charge on any atom is -0.481 e. The summed E-state index contributed by atoms with van der Waals surface area (Å²) >= 11 is 0. The van der Waals surface area contributed by atoms with Crippen molar-refractivity contribution in [2.24, 2.45) is 0 Å². The number of carbonyl (C=O) groups is 2. The van der Waals surface area contributed by atoms with Crippen LogP contribution in [0.3, 0.4) is 0 Å². The highest BCUT2D eigenvalue weighted by atomic mass is 16.4. The zero-order valence-corrected chi connectivity index (χ0v) is 12.9. The molecule has 5 heteroatoms. The van der Waals surface area contributed by atoms with Crippen LogP contribution in [0.15, 0.2) is 28.7 Å². The molecule has 22 heavy (non-hydrogen) atoms. The number of carboxylic acids is 1. The predicted octanol–water partition coefficient (Wildman–Crippen LogP) is 3.56. The molecule has 1 aromatic carbocycles. The molecular formula is C17H21NO4. The van der Waals surface area contributed by atoms with Crippen molar-refractivity contribution < 1.29 is 19.1 Å². The summed E-state index contributed by atoms with van der Waals surface area (Å²) < 4.78 is 5.83. The van der Waals surface area contributed by atoms with E-state index in [1.54, 1.807) is 0 Å². The zero-order chi connectivity index (χ0) is 16.1. The van der Waals surface area contributed by atoms with E-state index in [-0.39, 0.29) is 18.4 Å². The number of amides is 1. The second-order valence-electron chi connectivity index (χ2n) is 5.48. The summed E-state index contributed by atoms with van der Waals surface area (Å²) in [5, 5.41) is 12.5. The van der Waals surface area contributed by atoms with E-state index in [0.717, 1.165) is 22.3 Å². The van der Waals surface area contributed by atoms with Gasteiger partial charge in [0.05, 0.1) is 6.04 Å². The molecule has 0 saturated heterocycles. The fourth-order valence-electron chi connectivity index (χ4n) is 2.55. The van der Waals surface area contributed by atoms with Crippen LogP contribution >= 0.6 is 0 Å². The van der Waals surface area contributed by atoms with Gasteiger partial charge in [0, 0.05) is 23.8 Å². The first kappa shape index (κ1) is 16.1. The van der Waals surface area contributed by atoms with E-state index < -0.39 is 5.97 Å². The van der Waals surface area contributed by atoms with Crippen LogP contribution in [0.25, 0.3) is 11.0 Å². The van der Waals surface area contributed by atoms with E-state index in [1.807, 2.05) is 38.1 Å². The molecule has 1 aromatic heterocycles. The number of carbonyl (C=O) groups excluding carboxylic acids is 1. The minimum atomic E-state index is -0.827. The average molecular weight is 303 g/mol. The van der Waals surface area contributed by atoms with Gasteiger partial charge in [-0.2, -0.15) is 0 Å². The van der Waals surface area contributed by atoms with Crippen molar-refractivity contribution in [1.82, 2.24) is 5.32 Å². The normalized spacial score (nSPS) is 12.3. The van der Waals surface area contributed by atoms with E-state index in [0.29, 0.717) is 19.3 Å². The monoisotopic (exact) mass is 303 g/mol. The van der Waals surface area contributed by atoms with Crippen LogP contribution < -0.4 is 5.32 Å². The van der Waals surface area contributed by atoms with Crippen molar-refractivity contribution in [3.05, 3.63) is 35.6 Å². The molecule has 118 valence electrons. The standard InChI is InChI=1S/C17H21NO4/c1-11-13-7-3-4-8-14(13)22-17(11)12(2)18-15(19)9-5-6-10-16(20)21/h3-4,7-8,12H,5-6,9-10H2,1-2H3,(H,18,19)(H,20,21)/t12-/m1/s1. The third-order valence-electron chi connectivity index (χ3n) is 3.70. The summed E-state index contributed by atoms with van der Waals surface area (Å²) in [5.41, 5.74) is 1.85.